The second-order valence-corrected chi connectivity index (χ2v) is 4.96. The van der Waals surface area contributed by atoms with Crippen molar-refractivity contribution in [3.05, 3.63) is 12.2 Å². The van der Waals surface area contributed by atoms with Gasteiger partial charge in [-0.25, -0.2) is 9.59 Å². The molecule has 5 nitrogen and oxygen atoms in total. The summed E-state index contributed by atoms with van der Waals surface area (Å²) in [5, 5.41) is 13.9. The van der Waals surface area contributed by atoms with E-state index in [9.17, 15) is 4.79 Å². The molecule has 0 bridgehead atoms. The molecule has 5 heteroatoms. The zero-order valence-corrected chi connectivity index (χ0v) is 11.2. The van der Waals surface area contributed by atoms with Crippen molar-refractivity contribution in [2.45, 2.75) is 40.0 Å². The number of rotatable bonds is 5. The highest BCUT2D eigenvalue weighted by Gasteiger charge is 2.43. The van der Waals surface area contributed by atoms with Crippen molar-refractivity contribution in [2.75, 3.05) is 6.61 Å². The van der Waals surface area contributed by atoms with E-state index < -0.39 is 6.16 Å². The van der Waals surface area contributed by atoms with Crippen molar-refractivity contribution in [1.29, 1.82) is 0 Å². The SMILES string of the molecule is CCCCOC(=O)C=CC1CC1(C)C.O=C(O)O. The number of carbonyl (C=O) groups excluding carboxylic acids is 1. The van der Waals surface area contributed by atoms with Crippen molar-refractivity contribution in [3.63, 3.8) is 0 Å². The first-order chi connectivity index (χ1) is 8.29. The fourth-order valence-electron chi connectivity index (χ4n) is 1.40. The lowest BCUT2D eigenvalue weighted by Gasteiger charge is -1.99. The Hall–Kier alpha value is -1.52. The van der Waals surface area contributed by atoms with Gasteiger partial charge >= 0.3 is 12.1 Å². The van der Waals surface area contributed by atoms with E-state index in [-0.39, 0.29) is 5.97 Å². The van der Waals surface area contributed by atoms with Crippen LogP contribution in [0.25, 0.3) is 0 Å². The van der Waals surface area contributed by atoms with Crippen molar-refractivity contribution in [1.82, 2.24) is 0 Å². The maximum absolute atomic E-state index is 11.2. The molecule has 0 amide bonds. The van der Waals surface area contributed by atoms with E-state index in [2.05, 4.69) is 20.8 Å². The van der Waals surface area contributed by atoms with E-state index in [0.717, 1.165) is 12.8 Å². The van der Waals surface area contributed by atoms with Gasteiger partial charge in [-0.2, -0.15) is 0 Å². The van der Waals surface area contributed by atoms with Crippen LogP contribution in [0, 0.1) is 11.3 Å². The Morgan fingerprint density at radius 3 is 2.28 bits per heavy atom. The normalized spacial score (nSPS) is 19.8. The van der Waals surface area contributed by atoms with Crippen molar-refractivity contribution in [3.8, 4) is 0 Å². The zero-order valence-electron chi connectivity index (χ0n) is 11.2. The minimum atomic E-state index is -1.83. The highest BCUT2D eigenvalue weighted by Crippen LogP contribution is 2.52. The fraction of sp³-hybridized carbons (Fsp3) is 0.692. The van der Waals surface area contributed by atoms with Gasteiger partial charge in [-0.05, 0) is 24.2 Å². The molecule has 2 N–H and O–H groups in total. The Labute approximate surface area is 107 Å². The topological polar surface area (TPSA) is 83.8 Å². The van der Waals surface area contributed by atoms with Crippen LogP contribution in [0.1, 0.15) is 40.0 Å². The summed E-state index contributed by atoms with van der Waals surface area (Å²) >= 11 is 0. The van der Waals surface area contributed by atoms with E-state index in [1.165, 1.54) is 6.42 Å². The minimum absolute atomic E-state index is 0.193. The predicted octanol–water partition coefficient (Wildman–Crippen LogP) is 3.15. The van der Waals surface area contributed by atoms with Gasteiger partial charge in [0.15, 0.2) is 0 Å². The number of carbonyl (C=O) groups is 2. The third kappa shape index (κ3) is 8.61. The monoisotopic (exact) mass is 258 g/mol. The molecule has 18 heavy (non-hydrogen) atoms. The highest BCUT2D eigenvalue weighted by atomic mass is 16.6. The molecule has 0 aromatic rings. The third-order valence-corrected chi connectivity index (χ3v) is 2.80. The van der Waals surface area contributed by atoms with Crippen LogP contribution in [0.15, 0.2) is 12.2 Å². The number of carboxylic acid groups (broad SMARTS) is 2. The minimum Gasteiger partial charge on any atom is -0.463 e. The standard InChI is InChI=1S/C12H20O2.CH2O3/c1-4-5-8-14-11(13)7-6-10-9-12(10,2)3;2-1(3)4/h6-7,10H,4-5,8-9H2,1-3H3;(H2,2,3,4). The first kappa shape index (κ1) is 16.5. The van der Waals surface area contributed by atoms with Crippen molar-refractivity contribution >= 4 is 12.1 Å². The molecule has 104 valence electrons. The van der Waals surface area contributed by atoms with Crippen LogP contribution in [-0.4, -0.2) is 28.9 Å². The van der Waals surface area contributed by atoms with Gasteiger partial charge in [0.2, 0.25) is 0 Å². The van der Waals surface area contributed by atoms with Crippen LogP contribution in [0.3, 0.4) is 0 Å². The summed E-state index contributed by atoms with van der Waals surface area (Å²) < 4.78 is 5.00. The molecule has 1 aliphatic rings. The summed E-state index contributed by atoms with van der Waals surface area (Å²) in [6.07, 6.45) is 4.93. The first-order valence-electron chi connectivity index (χ1n) is 6.06. The Morgan fingerprint density at radius 2 is 1.89 bits per heavy atom. The van der Waals surface area contributed by atoms with Gasteiger partial charge in [-0.1, -0.05) is 33.3 Å². The summed E-state index contributed by atoms with van der Waals surface area (Å²) in [6.45, 7) is 7.05. The number of allylic oxidation sites excluding steroid dienone is 1. The summed E-state index contributed by atoms with van der Waals surface area (Å²) in [5.41, 5.74) is 0.403. The summed E-state index contributed by atoms with van der Waals surface area (Å²) in [4.78, 5) is 19.7. The molecule has 0 aromatic carbocycles. The zero-order chi connectivity index (χ0) is 14.2. The predicted molar refractivity (Wildman–Crippen MR) is 67.5 cm³/mol. The van der Waals surface area contributed by atoms with Crippen LogP contribution in [0.2, 0.25) is 0 Å². The number of ether oxygens (including phenoxy) is 1. The second kappa shape index (κ2) is 7.74. The molecule has 1 aliphatic carbocycles. The lowest BCUT2D eigenvalue weighted by molar-refractivity contribution is -0.137. The van der Waals surface area contributed by atoms with E-state index in [1.807, 2.05) is 6.08 Å². The molecule has 1 saturated carbocycles. The van der Waals surface area contributed by atoms with Gasteiger partial charge in [-0.15, -0.1) is 0 Å². The lowest BCUT2D eigenvalue weighted by atomic mass is 10.1. The van der Waals surface area contributed by atoms with Crippen molar-refractivity contribution in [2.24, 2.45) is 11.3 Å². The lowest BCUT2D eigenvalue weighted by Crippen LogP contribution is -2.02. The average molecular weight is 258 g/mol. The van der Waals surface area contributed by atoms with Crippen molar-refractivity contribution < 1.29 is 24.5 Å². The molecular weight excluding hydrogens is 236 g/mol. The molecule has 0 radical (unpaired) electrons. The molecule has 0 heterocycles. The second-order valence-electron chi connectivity index (χ2n) is 4.96. The summed E-state index contributed by atoms with van der Waals surface area (Å²) in [5.74, 6) is 0.377. The Balaban J connectivity index is 0.000000631. The van der Waals surface area contributed by atoms with E-state index in [4.69, 9.17) is 19.7 Å². The van der Waals surface area contributed by atoms with Crippen LogP contribution in [-0.2, 0) is 9.53 Å². The smallest absolute Gasteiger partial charge is 0.463 e. The summed E-state index contributed by atoms with van der Waals surface area (Å²) in [6, 6.07) is 0. The maximum atomic E-state index is 11.2. The highest BCUT2D eigenvalue weighted by molar-refractivity contribution is 5.82. The Bertz CT molecular complexity index is 303. The number of esters is 1. The molecule has 1 rings (SSSR count). The van der Waals surface area contributed by atoms with Crippen LogP contribution < -0.4 is 0 Å². The quantitative estimate of drug-likeness (QED) is 0.449. The maximum Gasteiger partial charge on any atom is 0.503 e. The number of hydrogen-bond donors (Lipinski definition) is 2. The van der Waals surface area contributed by atoms with E-state index in [0.29, 0.717) is 17.9 Å². The van der Waals surface area contributed by atoms with Gasteiger partial charge in [0.25, 0.3) is 0 Å². The Morgan fingerprint density at radius 1 is 1.39 bits per heavy atom. The molecule has 0 aliphatic heterocycles. The van der Waals surface area contributed by atoms with Gasteiger partial charge in [0.1, 0.15) is 0 Å². The Kier molecular flexibility index (Phi) is 7.08. The molecule has 1 fully saturated rings. The molecular formula is C13H22O5. The third-order valence-electron chi connectivity index (χ3n) is 2.80. The van der Waals surface area contributed by atoms with Gasteiger partial charge < -0.3 is 14.9 Å². The summed E-state index contributed by atoms with van der Waals surface area (Å²) in [7, 11) is 0. The average Bonchev–Trinajstić information content (AvgIpc) is 2.83. The first-order valence-corrected chi connectivity index (χ1v) is 6.06. The van der Waals surface area contributed by atoms with Crippen LogP contribution in [0.5, 0.6) is 0 Å². The molecule has 0 aromatic heterocycles. The molecule has 0 spiro atoms. The van der Waals surface area contributed by atoms with E-state index in [1.54, 1.807) is 6.08 Å². The van der Waals surface area contributed by atoms with Gasteiger partial charge in [0.05, 0.1) is 6.61 Å². The largest absolute Gasteiger partial charge is 0.503 e. The van der Waals surface area contributed by atoms with Crippen LogP contribution >= 0.6 is 0 Å². The number of unbranched alkanes of at least 4 members (excludes halogenated alkanes) is 1. The van der Waals surface area contributed by atoms with Gasteiger partial charge in [0, 0.05) is 6.08 Å². The van der Waals surface area contributed by atoms with Crippen LogP contribution in [0.4, 0.5) is 4.79 Å². The van der Waals surface area contributed by atoms with Gasteiger partial charge in [-0.3, -0.25) is 0 Å². The number of hydrogen-bond acceptors (Lipinski definition) is 3. The molecule has 1 unspecified atom stereocenters. The molecule has 1 atom stereocenters. The molecule has 0 saturated heterocycles. The fourth-order valence-corrected chi connectivity index (χ4v) is 1.40. The van der Waals surface area contributed by atoms with E-state index >= 15 is 0 Å².